The van der Waals surface area contributed by atoms with Gasteiger partial charge in [0.05, 0.1) is 6.54 Å². The monoisotopic (exact) mass is 311 g/mol. The van der Waals surface area contributed by atoms with Crippen molar-refractivity contribution in [1.82, 2.24) is 4.57 Å². The van der Waals surface area contributed by atoms with E-state index in [4.69, 9.17) is 11.6 Å². The lowest BCUT2D eigenvalue weighted by molar-refractivity contribution is 0.728. The van der Waals surface area contributed by atoms with Gasteiger partial charge >= 0.3 is 0 Å². The molecule has 0 aliphatic heterocycles. The number of pyridine rings is 1. The number of nitrogens with zero attached hydrogens (tertiary/aromatic N) is 1. The summed E-state index contributed by atoms with van der Waals surface area (Å²) in [4.78, 5) is 11.9. The summed E-state index contributed by atoms with van der Waals surface area (Å²) in [6, 6.07) is 11.0. The Hall–Kier alpha value is -1.06. The van der Waals surface area contributed by atoms with Crippen molar-refractivity contribution in [3.63, 3.8) is 0 Å². The summed E-state index contributed by atoms with van der Waals surface area (Å²) in [5, 5.41) is 0.685. The standard InChI is InChI=1S/C13H11BrClNO/c1-9-5-11(14)7-13(17)16(9)8-10-3-2-4-12(15)6-10/h2-7H,8H2,1H3. The molecule has 0 amide bonds. The summed E-state index contributed by atoms with van der Waals surface area (Å²) in [6.07, 6.45) is 0. The SMILES string of the molecule is Cc1cc(Br)cc(=O)n1Cc1cccc(Cl)c1. The van der Waals surface area contributed by atoms with E-state index < -0.39 is 0 Å². The molecule has 0 unspecified atom stereocenters. The van der Waals surface area contributed by atoms with Gasteiger partial charge in [-0.3, -0.25) is 4.79 Å². The van der Waals surface area contributed by atoms with Crippen LogP contribution in [0, 0.1) is 6.92 Å². The van der Waals surface area contributed by atoms with Crippen molar-refractivity contribution in [2.24, 2.45) is 0 Å². The lowest BCUT2D eigenvalue weighted by Gasteiger charge is -2.10. The first kappa shape index (κ1) is 12.4. The fraction of sp³-hybridized carbons (Fsp3) is 0.154. The molecule has 0 atom stereocenters. The first-order valence-electron chi connectivity index (χ1n) is 5.18. The van der Waals surface area contributed by atoms with E-state index in [1.807, 2.05) is 37.3 Å². The molecular weight excluding hydrogens is 302 g/mol. The molecule has 0 aliphatic rings. The lowest BCUT2D eigenvalue weighted by Crippen LogP contribution is -2.21. The Morgan fingerprint density at radius 3 is 2.71 bits per heavy atom. The van der Waals surface area contributed by atoms with Gasteiger partial charge in [0.25, 0.3) is 5.56 Å². The summed E-state index contributed by atoms with van der Waals surface area (Å²) >= 11 is 9.23. The summed E-state index contributed by atoms with van der Waals surface area (Å²) in [5.41, 5.74) is 1.92. The van der Waals surface area contributed by atoms with E-state index in [0.29, 0.717) is 11.6 Å². The first-order valence-corrected chi connectivity index (χ1v) is 6.35. The Bertz CT molecular complexity index is 607. The van der Waals surface area contributed by atoms with Crippen molar-refractivity contribution < 1.29 is 0 Å². The van der Waals surface area contributed by atoms with Gasteiger partial charge in [0.2, 0.25) is 0 Å². The fourth-order valence-electron chi connectivity index (χ4n) is 1.71. The molecule has 0 saturated carbocycles. The van der Waals surface area contributed by atoms with Crippen LogP contribution in [0.25, 0.3) is 0 Å². The maximum absolute atomic E-state index is 11.9. The van der Waals surface area contributed by atoms with Crippen LogP contribution in [0.2, 0.25) is 5.02 Å². The Morgan fingerprint density at radius 2 is 2.06 bits per heavy atom. The zero-order valence-electron chi connectivity index (χ0n) is 9.28. The highest BCUT2D eigenvalue weighted by Gasteiger charge is 2.03. The summed E-state index contributed by atoms with van der Waals surface area (Å²) in [6.45, 7) is 2.45. The predicted octanol–water partition coefficient (Wildman–Crippen LogP) is 3.62. The number of halogens is 2. The molecule has 1 aromatic carbocycles. The molecule has 0 aliphatic carbocycles. The average molecular weight is 313 g/mol. The van der Waals surface area contributed by atoms with E-state index >= 15 is 0 Å². The quantitative estimate of drug-likeness (QED) is 0.830. The van der Waals surface area contributed by atoms with E-state index in [-0.39, 0.29) is 5.56 Å². The molecule has 1 aromatic heterocycles. The van der Waals surface area contributed by atoms with E-state index in [1.165, 1.54) is 0 Å². The van der Waals surface area contributed by atoms with Crippen molar-refractivity contribution in [3.05, 3.63) is 67.5 Å². The van der Waals surface area contributed by atoms with Gasteiger partial charge in [-0.15, -0.1) is 0 Å². The van der Waals surface area contributed by atoms with Gasteiger partial charge in [-0.25, -0.2) is 0 Å². The summed E-state index contributed by atoms with van der Waals surface area (Å²) in [5.74, 6) is 0. The van der Waals surface area contributed by atoms with Crippen LogP contribution in [-0.2, 0) is 6.54 Å². The molecule has 17 heavy (non-hydrogen) atoms. The molecule has 0 radical (unpaired) electrons. The minimum absolute atomic E-state index is 0.0168. The van der Waals surface area contributed by atoms with Crippen molar-refractivity contribution in [3.8, 4) is 0 Å². The first-order chi connectivity index (χ1) is 8.06. The topological polar surface area (TPSA) is 22.0 Å². The molecule has 2 rings (SSSR count). The third-order valence-electron chi connectivity index (χ3n) is 2.53. The van der Waals surface area contributed by atoms with Crippen molar-refractivity contribution in [2.45, 2.75) is 13.5 Å². The molecule has 2 aromatic rings. The van der Waals surface area contributed by atoms with Gasteiger partial charge in [0.15, 0.2) is 0 Å². The second-order valence-electron chi connectivity index (χ2n) is 3.87. The largest absolute Gasteiger partial charge is 0.308 e. The smallest absolute Gasteiger partial charge is 0.252 e. The second kappa shape index (κ2) is 5.07. The Labute approximate surface area is 113 Å². The molecule has 0 spiro atoms. The summed E-state index contributed by atoms with van der Waals surface area (Å²) in [7, 11) is 0. The molecule has 1 heterocycles. The van der Waals surface area contributed by atoms with Crippen LogP contribution in [0.5, 0.6) is 0 Å². The van der Waals surface area contributed by atoms with Gasteiger partial charge in [-0.1, -0.05) is 39.7 Å². The second-order valence-corrected chi connectivity index (χ2v) is 5.22. The lowest BCUT2D eigenvalue weighted by atomic mass is 10.2. The highest BCUT2D eigenvalue weighted by molar-refractivity contribution is 9.10. The highest BCUT2D eigenvalue weighted by atomic mass is 79.9. The maximum Gasteiger partial charge on any atom is 0.252 e. The molecule has 0 N–H and O–H groups in total. The molecule has 2 nitrogen and oxygen atoms in total. The van der Waals surface area contributed by atoms with Gasteiger partial charge < -0.3 is 4.57 Å². The third kappa shape index (κ3) is 2.99. The van der Waals surface area contributed by atoms with Crippen LogP contribution in [0.4, 0.5) is 0 Å². The average Bonchev–Trinajstić information content (AvgIpc) is 2.23. The van der Waals surface area contributed by atoms with Crippen molar-refractivity contribution in [1.29, 1.82) is 0 Å². The zero-order chi connectivity index (χ0) is 12.4. The van der Waals surface area contributed by atoms with Crippen LogP contribution in [0.15, 0.2) is 45.7 Å². The minimum Gasteiger partial charge on any atom is -0.308 e. The normalized spacial score (nSPS) is 10.5. The van der Waals surface area contributed by atoms with E-state index in [0.717, 1.165) is 15.7 Å². The van der Waals surface area contributed by atoms with Crippen LogP contribution in [0.3, 0.4) is 0 Å². The third-order valence-corrected chi connectivity index (χ3v) is 3.22. The molecule has 88 valence electrons. The minimum atomic E-state index is -0.0168. The van der Waals surface area contributed by atoms with Crippen LogP contribution >= 0.6 is 27.5 Å². The molecule has 0 saturated heterocycles. The van der Waals surface area contributed by atoms with E-state index in [9.17, 15) is 4.79 Å². The maximum atomic E-state index is 11.9. The number of hydrogen-bond donors (Lipinski definition) is 0. The predicted molar refractivity (Wildman–Crippen MR) is 73.7 cm³/mol. The zero-order valence-corrected chi connectivity index (χ0v) is 11.6. The number of rotatable bonds is 2. The van der Waals surface area contributed by atoms with Crippen molar-refractivity contribution >= 4 is 27.5 Å². The molecular formula is C13H11BrClNO. The van der Waals surface area contributed by atoms with Gasteiger partial charge in [0.1, 0.15) is 0 Å². The van der Waals surface area contributed by atoms with Gasteiger partial charge in [-0.2, -0.15) is 0 Å². The Balaban J connectivity index is 2.40. The van der Waals surface area contributed by atoms with Crippen LogP contribution < -0.4 is 5.56 Å². The van der Waals surface area contributed by atoms with E-state index in [2.05, 4.69) is 15.9 Å². The van der Waals surface area contributed by atoms with Gasteiger partial charge in [-0.05, 0) is 30.7 Å². The van der Waals surface area contributed by atoms with Crippen LogP contribution in [-0.4, -0.2) is 4.57 Å². The van der Waals surface area contributed by atoms with Crippen molar-refractivity contribution in [2.75, 3.05) is 0 Å². The number of hydrogen-bond acceptors (Lipinski definition) is 1. The summed E-state index contributed by atoms with van der Waals surface area (Å²) < 4.78 is 2.53. The Morgan fingerprint density at radius 1 is 1.29 bits per heavy atom. The van der Waals surface area contributed by atoms with Gasteiger partial charge in [0, 0.05) is 21.3 Å². The highest BCUT2D eigenvalue weighted by Crippen LogP contribution is 2.13. The fourth-order valence-corrected chi connectivity index (χ4v) is 2.45. The Kier molecular flexibility index (Phi) is 3.69. The molecule has 4 heteroatoms. The molecule has 0 fully saturated rings. The van der Waals surface area contributed by atoms with E-state index in [1.54, 1.807) is 10.6 Å². The number of aryl methyl sites for hydroxylation is 1. The van der Waals surface area contributed by atoms with Crippen LogP contribution in [0.1, 0.15) is 11.3 Å². The number of benzene rings is 1. The molecule has 0 bridgehead atoms. The number of aromatic nitrogens is 1.